The second-order valence-corrected chi connectivity index (χ2v) is 7.25. The lowest BCUT2D eigenvalue weighted by Gasteiger charge is -2.32. The van der Waals surface area contributed by atoms with Crippen LogP contribution in [0.3, 0.4) is 0 Å². The van der Waals surface area contributed by atoms with Gasteiger partial charge < -0.3 is 14.2 Å². The van der Waals surface area contributed by atoms with E-state index in [1.54, 1.807) is 21.3 Å². The number of benzene rings is 1. The smallest absolute Gasteiger partial charge is 0.264 e. The Hall–Kier alpha value is -1.47. The molecule has 1 aliphatic carbocycles. The van der Waals surface area contributed by atoms with Crippen molar-refractivity contribution in [1.29, 1.82) is 0 Å². The topological polar surface area (TPSA) is 71.1 Å². The minimum atomic E-state index is -3.51. The summed E-state index contributed by atoms with van der Waals surface area (Å²) in [6, 6.07) is 3.71. The first kappa shape index (κ1) is 17.9. The zero-order valence-electron chi connectivity index (χ0n) is 14.0. The molecule has 0 saturated heterocycles. The van der Waals surface area contributed by atoms with Crippen molar-refractivity contribution in [1.82, 2.24) is 0 Å². The molecule has 0 amide bonds. The summed E-state index contributed by atoms with van der Waals surface area (Å²) in [6.07, 6.45) is 4.22. The third-order valence-corrected chi connectivity index (χ3v) is 4.73. The molecule has 0 heterocycles. The van der Waals surface area contributed by atoms with Gasteiger partial charge in [-0.25, -0.2) is 0 Å². The van der Waals surface area contributed by atoms with Crippen molar-refractivity contribution >= 4 is 10.1 Å². The Morgan fingerprint density at radius 2 is 1.61 bits per heavy atom. The molecule has 0 radical (unpaired) electrons. The van der Waals surface area contributed by atoms with E-state index < -0.39 is 10.1 Å². The highest BCUT2D eigenvalue weighted by Gasteiger charge is 2.33. The van der Waals surface area contributed by atoms with Gasteiger partial charge in [0, 0.05) is 11.5 Å². The Morgan fingerprint density at radius 1 is 0.957 bits per heavy atom. The molecular formula is C16H24O6S. The summed E-state index contributed by atoms with van der Waals surface area (Å²) in [5.41, 5.74) is 0.888. The van der Waals surface area contributed by atoms with Gasteiger partial charge in [-0.15, -0.1) is 0 Å². The molecule has 1 fully saturated rings. The van der Waals surface area contributed by atoms with Gasteiger partial charge in [-0.05, 0) is 18.9 Å². The van der Waals surface area contributed by atoms with Crippen molar-refractivity contribution in [3.8, 4) is 17.2 Å². The number of ether oxygens (including phenoxy) is 3. The molecule has 0 N–H and O–H groups in total. The molecule has 0 spiro atoms. The van der Waals surface area contributed by atoms with Crippen LogP contribution >= 0.6 is 0 Å². The van der Waals surface area contributed by atoms with Crippen LogP contribution in [0.15, 0.2) is 12.1 Å². The monoisotopic (exact) mass is 344 g/mol. The Balaban J connectivity index is 2.45. The van der Waals surface area contributed by atoms with Crippen molar-refractivity contribution in [3.05, 3.63) is 17.7 Å². The van der Waals surface area contributed by atoms with Crippen molar-refractivity contribution in [2.45, 2.75) is 37.7 Å². The van der Waals surface area contributed by atoms with Gasteiger partial charge in [0.2, 0.25) is 5.75 Å². The highest BCUT2D eigenvalue weighted by Crippen LogP contribution is 2.46. The van der Waals surface area contributed by atoms with Crippen molar-refractivity contribution in [2.75, 3.05) is 27.6 Å². The lowest BCUT2D eigenvalue weighted by Crippen LogP contribution is -2.28. The van der Waals surface area contributed by atoms with Crippen LogP contribution in [0.25, 0.3) is 0 Å². The average Bonchev–Trinajstić information content (AvgIpc) is 2.52. The number of rotatable bonds is 6. The largest absolute Gasteiger partial charge is 0.493 e. The predicted octanol–water partition coefficient (Wildman–Crippen LogP) is 2.71. The zero-order chi connectivity index (χ0) is 17.0. The Morgan fingerprint density at radius 3 is 2.17 bits per heavy atom. The molecule has 2 rings (SSSR count). The lowest BCUT2D eigenvalue weighted by atomic mass is 9.81. The van der Waals surface area contributed by atoms with Crippen LogP contribution in [0.1, 0.15) is 37.2 Å². The van der Waals surface area contributed by atoms with Crippen LogP contribution in [0, 0.1) is 0 Å². The van der Waals surface area contributed by atoms with E-state index in [2.05, 4.69) is 0 Å². The van der Waals surface area contributed by atoms with Gasteiger partial charge in [0.05, 0.1) is 33.7 Å². The molecule has 7 heteroatoms. The van der Waals surface area contributed by atoms with E-state index in [1.165, 1.54) is 0 Å². The van der Waals surface area contributed by atoms with E-state index in [0.717, 1.165) is 31.1 Å². The summed E-state index contributed by atoms with van der Waals surface area (Å²) >= 11 is 0. The molecule has 130 valence electrons. The SMILES string of the molecule is COc1ccc([C@H]2CCCC[C@@H]2OS(C)(=O)=O)c(OC)c1OC. The Bertz CT molecular complexity index is 640. The molecule has 1 aliphatic rings. The van der Waals surface area contributed by atoms with E-state index in [0.29, 0.717) is 23.7 Å². The fourth-order valence-electron chi connectivity index (χ4n) is 3.21. The first-order chi connectivity index (χ1) is 10.9. The van der Waals surface area contributed by atoms with E-state index in [9.17, 15) is 8.42 Å². The maximum absolute atomic E-state index is 11.6. The predicted molar refractivity (Wildman–Crippen MR) is 87.0 cm³/mol. The molecule has 2 atom stereocenters. The van der Waals surface area contributed by atoms with E-state index in [1.807, 2.05) is 12.1 Å². The molecule has 0 bridgehead atoms. The summed E-state index contributed by atoms with van der Waals surface area (Å²) in [4.78, 5) is 0. The third-order valence-electron chi connectivity index (χ3n) is 4.14. The first-order valence-electron chi connectivity index (χ1n) is 7.58. The minimum absolute atomic E-state index is 0.0618. The van der Waals surface area contributed by atoms with E-state index >= 15 is 0 Å². The van der Waals surface area contributed by atoms with Crippen LogP contribution in [0.5, 0.6) is 17.2 Å². The van der Waals surface area contributed by atoms with Crippen molar-refractivity contribution in [3.63, 3.8) is 0 Å². The fraction of sp³-hybridized carbons (Fsp3) is 0.625. The summed E-state index contributed by atoms with van der Waals surface area (Å²) in [5.74, 6) is 1.59. The fourth-order valence-corrected chi connectivity index (χ4v) is 3.89. The zero-order valence-corrected chi connectivity index (χ0v) is 14.8. The van der Waals surface area contributed by atoms with Gasteiger partial charge in [0.25, 0.3) is 10.1 Å². The summed E-state index contributed by atoms with van der Waals surface area (Å²) in [6.45, 7) is 0. The normalized spacial score (nSPS) is 21.7. The van der Waals surface area contributed by atoms with Crippen LogP contribution in [0.4, 0.5) is 0 Å². The summed E-state index contributed by atoms with van der Waals surface area (Å²) in [7, 11) is 1.17. The molecule has 1 saturated carbocycles. The molecule has 23 heavy (non-hydrogen) atoms. The van der Waals surface area contributed by atoms with Crippen LogP contribution in [0.2, 0.25) is 0 Å². The van der Waals surface area contributed by atoms with Crippen LogP contribution in [-0.2, 0) is 14.3 Å². The third kappa shape index (κ3) is 4.09. The van der Waals surface area contributed by atoms with Crippen molar-refractivity contribution in [2.24, 2.45) is 0 Å². The first-order valence-corrected chi connectivity index (χ1v) is 9.40. The Labute approximate surface area is 137 Å². The number of hydrogen-bond acceptors (Lipinski definition) is 6. The Kier molecular flexibility index (Phi) is 5.75. The van der Waals surface area contributed by atoms with Gasteiger partial charge in [0.15, 0.2) is 11.5 Å². The summed E-state index contributed by atoms with van der Waals surface area (Å²) < 4.78 is 44.7. The quantitative estimate of drug-likeness (QED) is 0.739. The van der Waals surface area contributed by atoms with Crippen LogP contribution in [-0.4, -0.2) is 42.1 Å². The minimum Gasteiger partial charge on any atom is -0.493 e. The van der Waals surface area contributed by atoms with E-state index in [4.69, 9.17) is 18.4 Å². The number of hydrogen-bond donors (Lipinski definition) is 0. The molecule has 0 aromatic heterocycles. The highest BCUT2D eigenvalue weighted by atomic mass is 32.2. The maximum atomic E-state index is 11.6. The second-order valence-electron chi connectivity index (χ2n) is 5.65. The lowest BCUT2D eigenvalue weighted by molar-refractivity contribution is 0.136. The van der Waals surface area contributed by atoms with Gasteiger partial charge in [-0.1, -0.05) is 18.9 Å². The second kappa shape index (κ2) is 7.40. The molecule has 1 aromatic rings. The van der Waals surface area contributed by atoms with Gasteiger partial charge in [-0.3, -0.25) is 4.18 Å². The molecule has 0 unspecified atom stereocenters. The summed E-state index contributed by atoms with van der Waals surface area (Å²) in [5, 5.41) is 0. The molecular weight excluding hydrogens is 320 g/mol. The standard InChI is InChI=1S/C16H24O6S/c1-19-14-10-9-12(15(20-2)16(14)21-3)11-7-5-6-8-13(11)22-23(4,17)18/h9-11,13H,5-8H2,1-4H3/t11-,13+/m1/s1. The molecule has 1 aromatic carbocycles. The van der Waals surface area contributed by atoms with Crippen LogP contribution < -0.4 is 14.2 Å². The van der Waals surface area contributed by atoms with Crippen molar-refractivity contribution < 1.29 is 26.8 Å². The van der Waals surface area contributed by atoms with Gasteiger partial charge >= 0.3 is 0 Å². The number of methoxy groups -OCH3 is 3. The molecule has 6 nitrogen and oxygen atoms in total. The van der Waals surface area contributed by atoms with Gasteiger partial charge in [-0.2, -0.15) is 8.42 Å². The van der Waals surface area contributed by atoms with E-state index in [-0.39, 0.29) is 12.0 Å². The van der Waals surface area contributed by atoms with Gasteiger partial charge in [0.1, 0.15) is 0 Å². The average molecular weight is 344 g/mol. The maximum Gasteiger partial charge on any atom is 0.264 e. The molecule has 0 aliphatic heterocycles. The highest BCUT2D eigenvalue weighted by molar-refractivity contribution is 7.86.